The van der Waals surface area contributed by atoms with Crippen LogP contribution in [0.25, 0.3) is 0 Å². The van der Waals surface area contributed by atoms with Gasteiger partial charge < -0.3 is 17.5 Å². The molecule has 4 heteroatoms. The van der Waals surface area contributed by atoms with Crippen LogP contribution in [-0.4, -0.2) is 16.1 Å². The Hall–Kier alpha value is -1.09. The highest BCUT2D eigenvalue weighted by Gasteiger charge is 1.96. The van der Waals surface area contributed by atoms with Crippen LogP contribution in [0.2, 0.25) is 0 Å². The lowest BCUT2D eigenvalue weighted by molar-refractivity contribution is -0.136. The summed E-state index contributed by atoms with van der Waals surface area (Å²) in [7, 11) is 0. The Bertz CT molecular complexity index is 225. The predicted molar refractivity (Wildman–Crippen MR) is 35.6 cm³/mol. The van der Waals surface area contributed by atoms with Gasteiger partial charge in [0, 0.05) is 12.4 Å². The fraction of sp³-hybridized carbons (Fsp3) is 0.143. The predicted octanol–water partition coefficient (Wildman–Crippen LogP) is -2.29. The second kappa shape index (κ2) is 4.68. The number of aromatic nitrogens is 1. The third kappa shape index (κ3) is 3.57. The Labute approximate surface area is 70.5 Å². The van der Waals surface area contributed by atoms with Crippen molar-refractivity contribution in [1.82, 2.24) is 4.98 Å². The molecule has 0 spiro atoms. The molecule has 0 amide bonds. The Morgan fingerprint density at radius 1 is 1.45 bits per heavy atom. The number of carboxylic acid groups (broad SMARTS) is 1. The Balaban J connectivity index is 0.000001000. The number of pyridine rings is 1. The zero-order valence-corrected chi connectivity index (χ0v) is 6.45. The first-order chi connectivity index (χ1) is 4.79. The van der Waals surface area contributed by atoms with Crippen molar-refractivity contribution in [2.24, 2.45) is 0 Å². The third-order valence-corrected chi connectivity index (χ3v) is 1.10. The molecular weight excluding hydrogens is 166 g/mol. The van der Waals surface area contributed by atoms with Crippen molar-refractivity contribution in [3.8, 4) is 0 Å². The van der Waals surface area contributed by atoms with Crippen molar-refractivity contribution in [3.63, 3.8) is 0 Å². The fourth-order valence-corrected chi connectivity index (χ4v) is 0.675. The highest BCUT2D eigenvalue weighted by molar-refractivity contribution is 5.69. The first-order valence-electron chi connectivity index (χ1n) is 2.90. The zero-order chi connectivity index (χ0) is 7.40. The van der Waals surface area contributed by atoms with Crippen LogP contribution in [0.4, 0.5) is 0 Å². The lowest BCUT2D eigenvalue weighted by Crippen LogP contribution is -3.00. The first kappa shape index (κ1) is 9.91. The van der Waals surface area contributed by atoms with Crippen LogP contribution < -0.4 is 12.4 Å². The van der Waals surface area contributed by atoms with E-state index in [1.807, 2.05) is 0 Å². The average Bonchev–Trinajstić information content (AvgIpc) is 1.88. The average molecular weight is 173 g/mol. The standard InChI is InChI=1S/C7H7NO2.ClH/c9-7(10)5-6-1-3-8-4-2-6;/h1-4H,5H2,(H,9,10);1H/p-1. The maximum absolute atomic E-state index is 10.1. The molecule has 0 aliphatic heterocycles. The molecule has 1 aromatic heterocycles. The van der Waals surface area contributed by atoms with Gasteiger partial charge in [0.2, 0.25) is 0 Å². The quantitative estimate of drug-likeness (QED) is 0.547. The molecule has 60 valence electrons. The molecule has 0 bridgehead atoms. The second-order valence-corrected chi connectivity index (χ2v) is 1.93. The van der Waals surface area contributed by atoms with Crippen LogP contribution in [-0.2, 0) is 11.2 Å². The minimum Gasteiger partial charge on any atom is -1.00 e. The largest absolute Gasteiger partial charge is 1.00 e. The van der Waals surface area contributed by atoms with E-state index in [2.05, 4.69) is 4.98 Å². The van der Waals surface area contributed by atoms with E-state index in [0.29, 0.717) is 0 Å². The molecule has 1 heterocycles. The van der Waals surface area contributed by atoms with Crippen molar-refractivity contribution in [1.29, 1.82) is 0 Å². The van der Waals surface area contributed by atoms with E-state index < -0.39 is 5.97 Å². The smallest absolute Gasteiger partial charge is 0.307 e. The van der Waals surface area contributed by atoms with Crippen LogP contribution in [0, 0.1) is 0 Å². The molecule has 3 nitrogen and oxygen atoms in total. The van der Waals surface area contributed by atoms with Crippen molar-refractivity contribution in [2.75, 3.05) is 0 Å². The molecule has 0 aliphatic rings. The van der Waals surface area contributed by atoms with Gasteiger partial charge in [-0.15, -0.1) is 0 Å². The number of carbonyl (C=O) groups is 1. The van der Waals surface area contributed by atoms with E-state index in [-0.39, 0.29) is 18.8 Å². The van der Waals surface area contributed by atoms with Gasteiger partial charge >= 0.3 is 5.97 Å². The van der Waals surface area contributed by atoms with Gasteiger partial charge in [0.15, 0.2) is 0 Å². The number of aliphatic carboxylic acids is 1. The van der Waals surface area contributed by atoms with Crippen LogP contribution in [0.1, 0.15) is 5.56 Å². The van der Waals surface area contributed by atoms with Gasteiger partial charge in [0.05, 0.1) is 6.42 Å². The number of nitrogens with zero attached hydrogens (tertiary/aromatic N) is 1. The highest BCUT2D eigenvalue weighted by atomic mass is 35.5. The van der Waals surface area contributed by atoms with Gasteiger partial charge in [0.1, 0.15) is 0 Å². The molecule has 1 rings (SSSR count). The molecule has 0 saturated carbocycles. The summed E-state index contributed by atoms with van der Waals surface area (Å²) in [6.45, 7) is 0. The number of carboxylic acids is 1. The van der Waals surface area contributed by atoms with Crippen molar-refractivity contribution >= 4 is 5.97 Å². The summed E-state index contributed by atoms with van der Waals surface area (Å²) in [6, 6.07) is 3.38. The molecule has 1 N–H and O–H groups in total. The zero-order valence-electron chi connectivity index (χ0n) is 5.70. The van der Waals surface area contributed by atoms with Crippen molar-refractivity contribution in [2.45, 2.75) is 6.42 Å². The van der Waals surface area contributed by atoms with E-state index in [1.54, 1.807) is 24.5 Å². The minimum atomic E-state index is -0.814. The molecule has 0 aromatic carbocycles. The monoisotopic (exact) mass is 172 g/mol. The molecule has 0 atom stereocenters. The summed E-state index contributed by atoms with van der Waals surface area (Å²) < 4.78 is 0. The van der Waals surface area contributed by atoms with Crippen LogP contribution in [0.5, 0.6) is 0 Å². The molecule has 0 unspecified atom stereocenters. The van der Waals surface area contributed by atoms with Crippen molar-refractivity contribution in [3.05, 3.63) is 30.1 Å². The first-order valence-corrected chi connectivity index (χ1v) is 2.90. The maximum atomic E-state index is 10.1. The fourth-order valence-electron chi connectivity index (χ4n) is 0.675. The van der Waals surface area contributed by atoms with Crippen molar-refractivity contribution < 1.29 is 22.3 Å². The number of hydrogen-bond acceptors (Lipinski definition) is 2. The lowest BCUT2D eigenvalue weighted by atomic mass is 10.2. The normalized spacial score (nSPS) is 8.36. The van der Waals surface area contributed by atoms with E-state index in [0.717, 1.165) is 5.56 Å². The van der Waals surface area contributed by atoms with Crippen LogP contribution in [0.15, 0.2) is 24.5 Å². The van der Waals surface area contributed by atoms with E-state index in [1.165, 1.54) is 0 Å². The topological polar surface area (TPSA) is 50.2 Å². The number of rotatable bonds is 2. The third-order valence-electron chi connectivity index (χ3n) is 1.10. The Morgan fingerprint density at radius 2 is 2.00 bits per heavy atom. The molecule has 1 aromatic rings. The molecule has 0 radical (unpaired) electrons. The van der Waals surface area contributed by atoms with Gasteiger partial charge in [-0.1, -0.05) is 0 Å². The molecule has 0 fully saturated rings. The van der Waals surface area contributed by atoms with E-state index >= 15 is 0 Å². The number of halogens is 1. The highest BCUT2D eigenvalue weighted by Crippen LogP contribution is 1.96. The summed E-state index contributed by atoms with van der Waals surface area (Å²) in [6.07, 6.45) is 3.24. The van der Waals surface area contributed by atoms with Gasteiger partial charge in [-0.2, -0.15) is 0 Å². The number of hydrogen-bond donors (Lipinski definition) is 1. The van der Waals surface area contributed by atoms with Crippen LogP contribution in [0.3, 0.4) is 0 Å². The van der Waals surface area contributed by atoms with Gasteiger partial charge in [-0.05, 0) is 17.7 Å². The minimum absolute atomic E-state index is 0. The SMILES string of the molecule is O=C(O)Cc1ccncc1.[Cl-]. The summed E-state index contributed by atoms with van der Waals surface area (Å²) in [5, 5.41) is 8.35. The van der Waals surface area contributed by atoms with E-state index in [4.69, 9.17) is 5.11 Å². The van der Waals surface area contributed by atoms with Gasteiger partial charge in [-0.3, -0.25) is 9.78 Å². The molecular formula is C7H7ClNO2-. The summed E-state index contributed by atoms with van der Waals surface area (Å²) >= 11 is 0. The Morgan fingerprint density at radius 3 is 2.45 bits per heavy atom. The maximum Gasteiger partial charge on any atom is 0.307 e. The second-order valence-electron chi connectivity index (χ2n) is 1.93. The molecule has 0 aliphatic carbocycles. The Kier molecular flexibility index (Phi) is 4.22. The summed E-state index contributed by atoms with van der Waals surface area (Å²) in [5.74, 6) is -0.814. The molecule has 11 heavy (non-hydrogen) atoms. The lowest BCUT2D eigenvalue weighted by Gasteiger charge is -1.92. The van der Waals surface area contributed by atoms with E-state index in [9.17, 15) is 4.79 Å². The van der Waals surface area contributed by atoms with Gasteiger partial charge in [0.25, 0.3) is 0 Å². The molecule has 0 saturated heterocycles. The summed E-state index contributed by atoms with van der Waals surface area (Å²) in [4.78, 5) is 13.9. The van der Waals surface area contributed by atoms with Gasteiger partial charge in [-0.25, -0.2) is 0 Å². The van der Waals surface area contributed by atoms with Crippen LogP contribution >= 0.6 is 0 Å². The summed E-state index contributed by atoms with van der Waals surface area (Å²) in [5.41, 5.74) is 0.780.